The molecule has 0 bridgehead atoms. The lowest BCUT2D eigenvalue weighted by Gasteiger charge is -2.33. The van der Waals surface area contributed by atoms with E-state index >= 15 is 0 Å². The summed E-state index contributed by atoms with van der Waals surface area (Å²) < 4.78 is 5.98. The van der Waals surface area contributed by atoms with Gasteiger partial charge in [0.1, 0.15) is 5.75 Å². The van der Waals surface area contributed by atoms with E-state index in [0.717, 1.165) is 5.57 Å². The van der Waals surface area contributed by atoms with Crippen molar-refractivity contribution in [3.8, 4) is 5.75 Å². The predicted octanol–water partition coefficient (Wildman–Crippen LogP) is 3.43. The van der Waals surface area contributed by atoms with Gasteiger partial charge in [-0.05, 0) is 83.6 Å². The maximum absolute atomic E-state index is 11.1. The number of phenols is 1. The molecule has 6 nitrogen and oxygen atoms in total. The van der Waals surface area contributed by atoms with Crippen LogP contribution in [0.1, 0.15) is 69.3 Å². The Kier molecular flexibility index (Phi) is 6.91. The first-order chi connectivity index (χ1) is 12.9. The van der Waals surface area contributed by atoms with E-state index in [1.807, 2.05) is 19.9 Å². The molecule has 4 N–H and O–H groups in total. The fourth-order valence-electron chi connectivity index (χ4n) is 3.54. The first-order valence-electron chi connectivity index (χ1n) is 9.71. The minimum atomic E-state index is -1.03. The molecule has 0 aliphatic carbocycles. The molecule has 0 aromatic heterocycles. The number of phenolic OH excluding ortho intramolecular Hbond substituents is 1. The number of hydrogen-bond donors (Lipinski definition) is 4. The topological polar surface area (TPSA) is 107 Å². The number of aliphatic hydroxyl groups excluding tert-OH is 1. The second-order valence-corrected chi connectivity index (χ2v) is 8.57. The van der Waals surface area contributed by atoms with Crippen LogP contribution in [-0.4, -0.2) is 49.8 Å². The molecule has 1 heterocycles. The molecule has 0 amide bonds. The van der Waals surface area contributed by atoms with Crippen molar-refractivity contribution in [2.24, 2.45) is 0 Å². The third kappa shape index (κ3) is 5.56. The molecule has 0 radical (unpaired) electrons. The molecule has 0 saturated carbocycles. The van der Waals surface area contributed by atoms with Crippen molar-refractivity contribution in [2.45, 2.75) is 83.2 Å². The SMILES string of the molecule is CC(=CCc1cc(C(=O)O)ccc1O)CCC(O)C1(C)CCC(C(C)(C)O)O1. The van der Waals surface area contributed by atoms with Crippen molar-refractivity contribution < 1.29 is 30.0 Å². The maximum Gasteiger partial charge on any atom is 0.335 e. The highest BCUT2D eigenvalue weighted by molar-refractivity contribution is 5.88. The quantitative estimate of drug-likeness (QED) is 0.505. The molecule has 6 heteroatoms. The second kappa shape index (κ2) is 8.64. The summed E-state index contributed by atoms with van der Waals surface area (Å²) in [7, 11) is 0. The van der Waals surface area contributed by atoms with E-state index in [4.69, 9.17) is 9.84 Å². The average Bonchev–Trinajstić information content (AvgIpc) is 3.02. The summed E-state index contributed by atoms with van der Waals surface area (Å²) in [6, 6.07) is 4.24. The van der Waals surface area contributed by atoms with Gasteiger partial charge in [-0.2, -0.15) is 0 Å². The average molecular weight is 392 g/mol. The maximum atomic E-state index is 11.1. The molecule has 3 atom stereocenters. The number of benzene rings is 1. The van der Waals surface area contributed by atoms with Crippen LogP contribution in [0.25, 0.3) is 0 Å². The number of carbonyl (C=O) groups is 1. The lowest BCUT2D eigenvalue weighted by molar-refractivity contribution is -0.153. The monoisotopic (exact) mass is 392 g/mol. The molecular formula is C22H32O6. The van der Waals surface area contributed by atoms with E-state index in [-0.39, 0.29) is 17.4 Å². The summed E-state index contributed by atoms with van der Waals surface area (Å²) in [5.41, 5.74) is 0.138. The third-order valence-corrected chi connectivity index (χ3v) is 5.62. The Hall–Kier alpha value is -1.89. The summed E-state index contributed by atoms with van der Waals surface area (Å²) in [5.74, 6) is -0.960. The van der Waals surface area contributed by atoms with Gasteiger partial charge in [0, 0.05) is 0 Å². The van der Waals surface area contributed by atoms with E-state index in [0.29, 0.717) is 37.7 Å². The Morgan fingerprint density at radius 2 is 2.11 bits per heavy atom. The van der Waals surface area contributed by atoms with Gasteiger partial charge in [-0.3, -0.25) is 0 Å². The van der Waals surface area contributed by atoms with Gasteiger partial charge in [0.25, 0.3) is 0 Å². The van der Waals surface area contributed by atoms with Crippen LogP contribution < -0.4 is 0 Å². The van der Waals surface area contributed by atoms with Gasteiger partial charge in [0.15, 0.2) is 0 Å². The van der Waals surface area contributed by atoms with Crippen molar-refractivity contribution in [3.63, 3.8) is 0 Å². The lowest BCUT2D eigenvalue weighted by atomic mass is 9.90. The van der Waals surface area contributed by atoms with Crippen LogP contribution in [0.3, 0.4) is 0 Å². The van der Waals surface area contributed by atoms with E-state index in [9.17, 15) is 20.1 Å². The van der Waals surface area contributed by atoms with Crippen LogP contribution in [0.15, 0.2) is 29.8 Å². The Morgan fingerprint density at radius 1 is 1.43 bits per heavy atom. The number of aliphatic hydroxyl groups is 2. The number of ether oxygens (including phenoxy) is 1. The Balaban J connectivity index is 1.92. The number of allylic oxidation sites excluding steroid dienone is 2. The molecule has 1 aliphatic rings. The molecule has 1 saturated heterocycles. The van der Waals surface area contributed by atoms with Crippen LogP contribution in [0, 0.1) is 0 Å². The number of hydrogen-bond acceptors (Lipinski definition) is 5. The van der Waals surface area contributed by atoms with Gasteiger partial charge in [-0.25, -0.2) is 4.79 Å². The number of carboxylic acids is 1. The molecule has 2 rings (SSSR count). The van der Waals surface area contributed by atoms with Crippen molar-refractivity contribution in [1.82, 2.24) is 0 Å². The predicted molar refractivity (Wildman–Crippen MR) is 107 cm³/mol. The van der Waals surface area contributed by atoms with Crippen molar-refractivity contribution in [1.29, 1.82) is 0 Å². The highest BCUT2D eigenvalue weighted by atomic mass is 16.5. The molecule has 1 aromatic carbocycles. The van der Waals surface area contributed by atoms with Crippen LogP contribution in [0.2, 0.25) is 0 Å². The number of rotatable bonds is 8. The molecule has 1 fully saturated rings. The normalized spacial score (nSPS) is 24.4. The molecule has 1 aromatic rings. The zero-order chi connectivity index (χ0) is 21.1. The zero-order valence-electron chi connectivity index (χ0n) is 17.1. The van der Waals surface area contributed by atoms with Gasteiger partial charge >= 0.3 is 5.97 Å². The van der Waals surface area contributed by atoms with Gasteiger partial charge in [-0.15, -0.1) is 0 Å². The van der Waals surface area contributed by atoms with E-state index < -0.39 is 23.3 Å². The summed E-state index contributed by atoms with van der Waals surface area (Å²) in [5, 5.41) is 39.7. The highest BCUT2D eigenvalue weighted by Gasteiger charge is 2.46. The summed E-state index contributed by atoms with van der Waals surface area (Å²) in [4.78, 5) is 11.1. The molecule has 156 valence electrons. The summed E-state index contributed by atoms with van der Waals surface area (Å²) >= 11 is 0. The minimum absolute atomic E-state index is 0.0682. The molecular weight excluding hydrogens is 360 g/mol. The third-order valence-electron chi connectivity index (χ3n) is 5.62. The Morgan fingerprint density at radius 3 is 2.68 bits per heavy atom. The molecule has 0 spiro atoms. The lowest BCUT2D eigenvalue weighted by Crippen LogP contribution is -2.43. The summed E-state index contributed by atoms with van der Waals surface area (Å²) in [6.45, 7) is 7.27. The van der Waals surface area contributed by atoms with Crippen molar-refractivity contribution >= 4 is 5.97 Å². The van der Waals surface area contributed by atoms with Gasteiger partial charge in [0.2, 0.25) is 0 Å². The van der Waals surface area contributed by atoms with Crippen LogP contribution in [0.5, 0.6) is 5.75 Å². The number of aromatic carboxylic acids is 1. The van der Waals surface area contributed by atoms with Gasteiger partial charge in [-0.1, -0.05) is 11.6 Å². The largest absolute Gasteiger partial charge is 0.508 e. The Bertz CT molecular complexity index is 733. The van der Waals surface area contributed by atoms with Gasteiger partial charge < -0.3 is 25.2 Å². The summed E-state index contributed by atoms with van der Waals surface area (Å²) in [6.07, 6.45) is 4.02. The van der Waals surface area contributed by atoms with E-state index in [1.165, 1.54) is 18.2 Å². The van der Waals surface area contributed by atoms with Crippen molar-refractivity contribution in [3.05, 3.63) is 41.0 Å². The van der Waals surface area contributed by atoms with Gasteiger partial charge in [0.05, 0.1) is 29.0 Å². The zero-order valence-corrected chi connectivity index (χ0v) is 17.1. The smallest absolute Gasteiger partial charge is 0.335 e. The van der Waals surface area contributed by atoms with Crippen molar-refractivity contribution in [2.75, 3.05) is 0 Å². The van der Waals surface area contributed by atoms with Crippen LogP contribution in [-0.2, 0) is 11.2 Å². The fraction of sp³-hybridized carbons (Fsp3) is 0.591. The molecule has 3 unspecified atom stereocenters. The number of carboxylic acid groups (broad SMARTS) is 1. The minimum Gasteiger partial charge on any atom is -0.508 e. The Labute approximate surface area is 166 Å². The first kappa shape index (κ1) is 22.4. The number of aromatic hydroxyl groups is 1. The second-order valence-electron chi connectivity index (χ2n) is 8.57. The standard InChI is InChI=1S/C22H32O6/c1-14(5-7-15-13-16(20(25)26)8-9-17(15)23)6-10-18(24)22(4)12-11-19(28-22)21(2,3)27/h5,8-9,13,18-19,23-24,27H,6-7,10-12H2,1-4H3,(H,25,26). The van der Waals surface area contributed by atoms with Crippen LogP contribution in [0.4, 0.5) is 0 Å². The van der Waals surface area contributed by atoms with E-state index in [1.54, 1.807) is 13.8 Å². The fourth-order valence-corrected chi connectivity index (χ4v) is 3.54. The van der Waals surface area contributed by atoms with Crippen LogP contribution >= 0.6 is 0 Å². The molecule has 1 aliphatic heterocycles. The van der Waals surface area contributed by atoms with E-state index in [2.05, 4.69) is 0 Å². The highest BCUT2D eigenvalue weighted by Crippen LogP contribution is 2.38. The first-order valence-corrected chi connectivity index (χ1v) is 9.71. The molecule has 28 heavy (non-hydrogen) atoms.